The molecule has 0 bridgehead atoms. The number of carbonyl (C=O) groups is 1. The van der Waals surface area contributed by atoms with Gasteiger partial charge < -0.3 is 11.1 Å². The van der Waals surface area contributed by atoms with E-state index in [-0.39, 0.29) is 29.5 Å². The highest BCUT2D eigenvalue weighted by molar-refractivity contribution is 5.76. The number of hydrogen-bond acceptors (Lipinski definition) is 4. The van der Waals surface area contributed by atoms with Crippen LogP contribution in [0, 0.1) is 11.7 Å². The molecule has 0 aliphatic heterocycles. The van der Waals surface area contributed by atoms with Gasteiger partial charge in [0.1, 0.15) is 6.33 Å². The van der Waals surface area contributed by atoms with Gasteiger partial charge in [-0.15, -0.1) is 0 Å². The molecule has 1 aliphatic rings. The lowest BCUT2D eigenvalue weighted by atomic mass is 9.85. The molecule has 6 heteroatoms. The van der Waals surface area contributed by atoms with Crippen molar-refractivity contribution in [3.05, 3.63) is 17.8 Å². The number of anilines is 1. The molecule has 0 spiro atoms. The van der Waals surface area contributed by atoms with E-state index in [0.29, 0.717) is 12.1 Å². The number of carbonyl (C=O) groups excluding carboxylic acids is 1. The van der Waals surface area contributed by atoms with Crippen LogP contribution in [0.3, 0.4) is 0 Å². The van der Waals surface area contributed by atoms with E-state index in [0.717, 1.165) is 25.7 Å². The molecule has 1 heterocycles. The Balaban J connectivity index is 1.98. The second-order valence-electron chi connectivity index (χ2n) is 4.93. The van der Waals surface area contributed by atoms with E-state index in [1.807, 2.05) is 6.92 Å². The minimum Gasteiger partial charge on any atom is -0.369 e. The zero-order chi connectivity index (χ0) is 13.8. The first kappa shape index (κ1) is 13.7. The Labute approximate surface area is 111 Å². The Morgan fingerprint density at radius 3 is 2.68 bits per heavy atom. The number of aryl methyl sites for hydroxylation is 1. The Kier molecular flexibility index (Phi) is 4.29. The Hall–Kier alpha value is -1.72. The summed E-state index contributed by atoms with van der Waals surface area (Å²) >= 11 is 0. The highest BCUT2D eigenvalue weighted by atomic mass is 19.1. The summed E-state index contributed by atoms with van der Waals surface area (Å²) in [4.78, 5) is 18.9. The van der Waals surface area contributed by atoms with Gasteiger partial charge in [0.05, 0.1) is 5.69 Å². The second kappa shape index (κ2) is 5.95. The van der Waals surface area contributed by atoms with Crippen molar-refractivity contribution in [3.63, 3.8) is 0 Å². The lowest BCUT2D eigenvalue weighted by Crippen LogP contribution is -2.33. The van der Waals surface area contributed by atoms with E-state index >= 15 is 0 Å². The van der Waals surface area contributed by atoms with Crippen LogP contribution in [0.2, 0.25) is 0 Å². The molecule has 1 saturated carbocycles. The molecule has 1 fully saturated rings. The van der Waals surface area contributed by atoms with Crippen LogP contribution in [0.5, 0.6) is 0 Å². The Bertz CT molecular complexity index is 458. The molecular weight excluding hydrogens is 247 g/mol. The third-order valence-corrected chi connectivity index (χ3v) is 3.67. The molecule has 0 unspecified atom stereocenters. The summed E-state index contributed by atoms with van der Waals surface area (Å²) in [6, 6.07) is 0.143. The van der Waals surface area contributed by atoms with Crippen molar-refractivity contribution in [2.45, 2.75) is 45.1 Å². The minimum atomic E-state index is -0.373. The normalized spacial score (nSPS) is 23.1. The van der Waals surface area contributed by atoms with Crippen molar-refractivity contribution < 1.29 is 9.18 Å². The van der Waals surface area contributed by atoms with Crippen molar-refractivity contribution in [1.29, 1.82) is 0 Å². The van der Waals surface area contributed by atoms with Gasteiger partial charge in [-0.3, -0.25) is 4.79 Å². The van der Waals surface area contributed by atoms with Gasteiger partial charge in [0.25, 0.3) is 0 Å². The topological polar surface area (TPSA) is 80.9 Å². The van der Waals surface area contributed by atoms with E-state index in [9.17, 15) is 9.18 Å². The zero-order valence-corrected chi connectivity index (χ0v) is 11.0. The smallest absolute Gasteiger partial charge is 0.220 e. The zero-order valence-electron chi connectivity index (χ0n) is 11.0. The summed E-state index contributed by atoms with van der Waals surface area (Å²) in [5.74, 6) is -0.393. The molecule has 1 aromatic heterocycles. The number of nitrogens with one attached hydrogen (secondary N) is 1. The number of aromatic nitrogens is 2. The molecule has 1 amide bonds. The predicted octanol–water partition coefficient (Wildman–Crippen LogP) is 1.63. The number of rotatable bonds is 4. The highest BCUT2D eigenvalue weighted by Crippen LogP contribution is 2.26. The quantitative estimate of drug-likeness (QED) is 0.868. The predicted molar refractivity (Wildman–Crippen MR) is 69.9 cm³/mol. The second-order valence-corrected chi connectivity index (χ2v) is 4.93. The van der Waals surface area contributed by atoms with Crippen molar-refractivity contribution in [1.82, 2.24) is 9.97 Å². The van der Waals surface area contributed by atoms with E-state index in [4.69, 9.17) is 5.73 Å². The largest absolute Gasteiger partial charge is 0.369 e. The molecule has 2 rings (SSSR count). The lowest BCUT2D eigenvalue weighted by Gasteiger charge is -2.27. The maximum Gasteiger partial charge on any atom is 0.220 e. The van der Waals surface area contributed by atoms with Crippen LogP contribution in [0.1, 0.15) is 38.3 Å². The van der Waals surface area contributed by atoms with Crippen molar-refractivity contribution >= 4 is 11.7 Å². The molecule has 104 valence electrons. The monoisotopic (exact) mass is 266 g/mol. The number of nitrogens with zero attached hydrogens (tertiary/aromatic N) is 2. The van der Waals surface area contributed by atoms with Crippen LogP contribution >= 0.6 is 0 Å². The van der Waals surface area contributed by atoms with E-state index < -0.39 is 0 Å². The van der Waals surface area contributed by atoms with Gasteiger partial charge in [-0.1, -0.05) is 6.92 Å². The van der Waals surface area contributed by atoms with E-state index in [1.165, 1.54) is 6.33 Å². The highest BCUT2D eigenvalue weighted by Gasteiger charge is 2.25. The molecular formula is C13H19FN4O. The molecule has 1 aromatic rings. The lowest BCUT2D eigenvalue weighted by molar-refractivity contribution is -0.122. The van der Waals surface area contributed by atoms with Crippen LogP contribution < -0.4 is 11.1 Å². The number of amides is 1. The standard InChI is InChI=1S/C13H19FN4O/c1-2-10-11(14)13(17-7-16-10)18-9-5-3-8(4-6-9)12(15)19/h7-9H,2-6H2,1H3,(H2,15,19)(H,16,17,18). The van der Waals surface area contributed by atoms with Crippen molar-refractivity contribution in [3.8, 4) is 0 Å². The fraction of sp³-hybridized carbons (Fsp3) is 0.615. The summed E-state index contributed by atoms with van der Waals surface area (Å²) in [6.45, 7) is 1.85. The summed E-state index contributed by atoms with van der Waals surface area (Å²) < 4.78 is 14.0. The van der Waals surface area contributed by atoms with Gasteiger partial charge in [-0.2, -0.15) is 0 Å². The van der Waals surface area contributed by atoms with Gasteiger partial charge in [0, 0.05) is 12.0 Å². The fourth-order valence-electron chi connectivity index (χ4n) is 2.47. The third-order valence-electron chi connectivity index (χ3n) is 3.67. The van der Waals surface area contributed by atoms with Crippen LogP contribution in [0.15, 0.2) is 6.33 Å². The summed E-state index contributed by atoms with van der Waals surface area (Å²) in [5.41, 5.74) is 5.71. The van der Waals surface area contributed by atoms with Gasteiger partial charge in [0.15, 0.2) is 11.6 Å². The van der Waals surface area contributed by atoms with Crippen LogP contribution in [-0.4, -0.2) is 21.9 Å². The first-order chi connectivity index (χ1) is 9.11. The van der Waals surface area contributed by atoms with Gasteiger partial charge in [-0.05, 0) is 32.1 Å². The molecule has 1 aliphatic carbocycles. The van der Waals surface area contributed by atoms with Crippen molar-refractivity contribution in [2.24, 2.45) is 11.7 Å². The number of primary amides is 1. The van der Waals surface area contributed by atoms with Gasteiger partial charge in [0.2, 0.25) is 5.91 Å². The summed E-state index contributed by atoms with van der Waals surface area (Å²) in [5, 5.41) is 3.11. The maximum atomic E-state index is 14.0. The SMILES string of the molecule is CCc1ncnc(NC2CCC(C(N)=O)CC2)c1F. The average Bonchev–Trinajstić information content (AvgIpc) is 2.42. The maximum absolute atomic E-state index is 14.0. The molecule has 0 atom stereocenters. The molecule has 0 aromatic carbocycles. The van der Waals surface area contributed by atoms with Crippen LogP contribution in [0.4, 0.5) is 10.2 Å². The van der Waals surface area contributed by atoms with Gasteiger partial charge >= 0.3 is 0 Å². The van der Waals surface area contributed by atoms with E-state index in [2.05, 4.69) is 15.3 Å². The summed E-state index contributed by atoms with van der Waals surface area (Å²) in [7, 11) is 0. The van der Waals surface area contributed by atoms with Crippen LogP contribution in [0.25, 0.3) is 0 Å². The fourth-order valence-corrected chi connectivity index (χ4v) is 2.47. The third kappa shape index (κ3) is 3.19. The van der Waals surface area contributed by atoms with E-state index in [1.54, 1.807) is 0 Å². The number of hydrogen-bond donors (Lipinski definition) is 2. The van der Waals surface area contributed by atoms with Crippen LogP contribution in [-0.2, 0) is 11.2 Å². The van der Waals surface area contributed by atoms with Crippen molar-refractivity contribution in [2.75, 3.05) is 5.32 Å². The summed E-state index contributed by atoms with van der Waals surface area (Å²) in [6.07, 6.45) is 5.02. The number of halogens is 1. The Morgan fingerprint density at radius 2 is 2.11 bits per heavy atom. The molecule has 5 nitrogen and oxygen atoms in total. The minimum absolute atomic E-state index is 0.0421. The molecule has 0 radical (unpaired) electrons. The molecule has 3 N–H and O–H groups in total. The van der Waals surface area contributed by atoms with Gasteiger partial charge in [-0.25, -0.2) is 14.4 Å². The number of nitrogens with two attached hydrogens (primary N) is 1. The first-order valence-electron chi connectivity index (χ1n) is 6.67. The molecule has 19 heavy (non-hydrogen) atoms. The molecule has 0 saturated heterocycles. The first-order valence-corrected chi connectivity index (χ1v) is 6.67. The Morgan fingerprint density at radius 1 is 1.42 bits per heavy atom. The average molecular weight is 266 g/mol.